The SMILES string of the molecule is COc1cc2c(N3CCN(CCO)CC3)ncnc2c(OC)c1OC. The van der Waals surface area contributed by atoms with Crippen LogP contribution in [0, 0.1) is 0 Å². The van der Waals surface area contributed by atoms with Gasteiger partial charge in [0.05, 0.1) is 33.3 Å². The number of anilines is 1. The second kappa shape index (κ2) is 7.71. The number of nitrogens with zero attached hydrogens (tertiary/aromatic N) is 4. The number of hydrogen-bond acceptors (Lipinski definition) is 8. The number of aliphatic hydroxyl groups is 1. The van der Waals surface area contributed by atoms with Crippen LogP contribution in [0.25, 0.3) is 10.9 Å². The molecule has 0 amide bonds. The first-order valence-electron chi connectivity index (χ1n) is 8.25. The van der Waals surface area contributed by atoms with Crippen LogP contribution >= 0.6 is 0 Å². The summed E-state index contributed by atoms with van der Waals surface area (Å²) >= 11 is 0. The van der Waals surface area contributed by atoms with Gasteiger partial charge in [-0.3, -0.25) is 4.90 Å². The molecule has 2 aromatic rings. The molecule has 3 rings (SSSR count). The van der Waals surface area contributed by atoms with Crippen molar-refractivity contribution in [3.8, 4) is 17.2 Å². The second-order valence-electron chi connectivity index (χ2n) is 5.79. The largest absolute Gasteiger partial charge is 0.493 e. The van der Waals surface area contributed by atoms with Gasteiger partial charge in [-0.25, -0.2) is 9.97 Å². The molecule has 8 heteroatoms. The van der Waals surface area contributed by atoms with Gasteiger partial charge in [0.25, 0.3) is 0 Å². The first-order chi connectivity index (χ1) is 12.2. The maximum absolute atomic E-state index is 9.09. The van der Waals surface area contributed by atoms with Crippen molar-refractivity contribution >= 4 is 16.7 Å². The lowest BCUT2D eigenvalue weighted by Gasteiger charge is -2.35. The fraction of sp³-hybridized carbons (Fsp3) is 0.529. The van der Waals surface area contributed by atoms with E-state index in [0.29, 0.717) is 29.3 Å². The molecule has 1 aromatic heterocycles. The topological polar surface area (TPSA) is 80.2 Å². The number of ether oxygens (including phenoxy) is 3. The van der Waals surface area contributed by atoms with Gasteiger partial charge in [0.2, 0.25) is 5.75 Å². The number of rotatable bonds is 6. The van der Waals surface area contributed by atoms with Crippen LogP contribution in [0.3, 0.4) is 0 Å². The Balaban J connectivity index is 2.02. The zero-order valence-corrected chi connectivity index (χ0v) is 14.9. The highest BCUT2D eigenvalue weighted by atomic mass is 16.5. The van der Waals surface area contributed by atoms with Gasteiger partial charge >= 0.3 is 0 Å². The van der Waals surface area contributed by atoms with Gasteiger partial charge < -0.3 is 24.2 Å². The lowest BCUT2D eigenvalue weighted by molar-refractivity contribution is 0.188. The molecule has 25 heavy (non-hydrogen) atoms. The molecule has 1 saturated heterocycles. The van der Waals surface area contributed by atoms with Gasteiger partial charge in [-0.15, -0.1) is 0 Å². The van der Waals surface area contributed by atoms with Crippen LogP contribution in [-0.4, -0.2) is 80.6 Å². The van der Waals surface area contributed by atoms with Crippen molar-refractivity contribution in [2.75, 3.05) is 65.6 Å². The fourth-order valence-corrected chi connectivity index (χ4v) is 3.23. The van der Waals surface area contributed by atoms with E-state index < -0.39 is 0 Å². The summed E-state index contributed by atoms with van der Waals surface area (Å²) in [6.07, 6.45) is 1.55. The van der Waals surface area contributed by atoms with E-state index in [2.05, 4.69) is 19.8 Å². The van der Waals surface area contributed by atoms with Crippen molar-refractivity contribution in [1.29, 1.82) is 0 Å². The van der Waals surface area contributed by atoms with Crippen molar-refractivity contribution in [3.63, 3.8) is 0 Å². The van der Waals surface area contributed by atoms with Gasteiger partial charge in [0.1, 0.15) is 17.7 Å². The molecule has 1 aromatic carbocycles. The van der Waals surface area contributed by atoms with Crippen molar-refractivity contribution in [1.82, 2.24) is 14.9 Å². The predicted octanol–water partition coefficient (Wildman–Crippen LogP) is 0.770. The van der Waals surface area contributed by atoms with Crippen molar-refractivity contribution in [2.24, 2.45) is 0 Å². The summed E-state index contributed by atoms with van der Waals surface area (Å²) in [4.78, 5) is 13.4. The lowest BCUT2D eigenvalue weighted by atomic mass is 10.1. The third-order valence-corrected chi connectivity index (χ3v) is 4.50. The van der Waals surface area contributed by atoms with Gasteiger partial charge in [-0.1, -0.05) is 0 Å². The van der Waals surface area contributed by atoms with E-state index in [-0.39, 0.29) is 6.61 Å². The predicted molar refractivity (Wildman–Crippen MR) is 94.9 cm³/mol. The van der Waals surface area contributed by atoms with Crippen LogP contribution in [0.5, 0.6) is 17.2 Å². The molecule has 136 valence electrons. The van der Waals surface area contributed by atoms with Gasteiger partial charge in [0.15, 0.2) is 11.5 Å². The summed E-state index contributed by atoms with van der Waals surface area (Å²) in [5, 5.41) is 9.96. The Kier molecular flexibility index (Phi) is 5.40. The van der Waals surface area contributed by atoms with E-state index in [4.69, 9.17) is 19.3 Å². The highest BCUT2D eigenvalue weighted by Gasteiger charge is 2.23. The molecular formula is C17H24N4O4. The van der Waals surface area contributed by atoms with Gasteiger partial charge in [-0.2, -0.15) is 0 Å². The molecule has 0 bridgehead atoms. The monoisotopic (exact) mass is 348 g/mol. The number of aromatic nitrogens is 2. The second-order valence-corrected chi connectivity index (χ2v) is 5.79. The third kappa shape index (κ3) is 3.27. The van der Waals surface area contributed by atoms with Crippen molar-refractivity contribution < 1.29 is 19.3 Å². The molecule has 8 nitrogen and oxygen atoms in total. The standard InChI is InChI=1S/C17H24N4O4/c1-23-13-10-12-14(16(25-3)15(13)24-2)18-11-19-17(12)21-6-4-20(5-7-21)8-9-22/h10-11,22H,4-9H2,1-3H3. The number of fused-ring (bicyclic) bond motifs is 1. The van der Waals surface area contributed by atoms with E-state index in [9.17, 15) is 0 Å². The van der Waals surface area contributed by atoms with E-state index in [1.54, 1.807) is 27.7 Å². The number of aliphatic hydroxyl groups excluding tert-OH is 1. The smallest absolute Gasteiger partial charge is 0.205 e. The number of benzene rings is 1. The molecule has 1 aliphatic rings. The molecule has 0 unspecified atom stereocenters. The highest BCUT2D eigenvalue weighted by molar-refractivity contribution is 5.97. The van der Waals surface area contributed by atoms with Crippen LogP contribution < -0.4 is 19.1 Å². The summed E-state index contributed by atoms with van der Waals surface area (Å²) in [5.41, 5.74) is 0.697. The van der Waals surface area contributed by atoms with Crippen LogP contribution in [0.15, 0.2) is 12.4 Å². The van der Waals surface area contributed by atoms with Crippen LogP contribution in [0.2, 0.25) is 0 Å². The van der Waals surface area contributed by atoms with Crippen LogP contribution in [-0.2, 0) is 0 Å². The van der Waals surface area contributed by atoms with Crippen molar-refractivity contribution in [2.45, 2.75) is 0 Å². The zero-order chi connectivity index (χ0) is 17.8. The summed E-state index contributed by atoms with van der Waals surface area (Å²) in [5.74, 6) is 2.50. The average molecular weight is 348 g/mol. The molecule has 1 N–H and O–H groups in total. The number of hydrogen-bond donors (Lipinski definition) is 1. The number of piperazine rings is 1. The Morgan fingerprint density at radius 3 is 2.32 bits per heavy atom. The Labute approximate surface area is 146 Å². The van der Waals surface area contributed by atoms with E-state index in [1.165, 1.54) is 0 Å². The Morgan fingerprint density at radius 2 is 1.72 bits per heavy atom. The van der Waals surface area contributed by atoms with E-state index >= 15 is 0 Å². The Hall–Kier alpha value is -2.32. The third-order valence-electron chi connectivity index (χ3n) is 4.50. The van der Waals surface area contributed by atoms with E-state index in [0.717, 1.165) is 37.4 Å². The Morgan fingerprint density at radius 1 is 1.00 bits per heavy atom. The quantitative estimate of drug-likeness (QED) is 0.820. The molecule has 0 radical (unpaired) electrons. The molecule has 0 aliphatic carbocycles. The summed E-state index contributed by atoms with van der Waals surface area (Å²) in [6.45, 7) is 4.33. The fourth-order valence-electron chi connectivity index (χ4n) is 3.23. The normalized spacial score (nSPS) is 15.4. The first kappa shape index (κ1) is 17.5. The summed E-state index contributed by atoms with van der Waals surface area (Å²) < 4.78 is 16.4. The van der Waals surface area contributed by atoms with Gasteiger partial charge in [-0.05, 0) is 6.07 Å². The molecule has 1 aliphatic heterocycles. The lowest BCUT2D eigenvalue weighted by Crippen LogP contribution is -2.47. The molecule has 0 saturated carbocycles. The first-order valence-corrected chi connectivity index (χ1v) is 8.25. The number of methoxy groups -OCH3 is 3. The van der Waals surface area contributed by atoms with Crippen LogP contribution in [0.4, 0.5) is 5.82 Å². The minimum absolute atomic E-state index is 0.185. The maximum Gasteiger partial charge on any atom is 0.205 e. The average Bonchev–Trinajstić information content (AvgIpc) is 2.66. The zero-order valence-electron chi connectivity index (χ0n) is 14.9. The molecule has 0 atom stereocenters. The van der Waals surface area contributed by atoms with Crippen LogP contribution in [0.1, 0.15) is 0 Å². The highest BCUT2D eigenvalue weighted by Crippen LogP contribution is 2.44. The molecule has 2 heterocycles. The minimum atomic E-state index is 0.185. The van der Waals surface area contributed by atoms with Crippen molar-refractivity contribution in [3.05, 3.63) is 12.4 Å². The minimum Gasteiger partial charge on any atom is -0.493 e. The number of β-amino-alcohol motifs (C(OH)–C–C–N with tert-alkyl or cyclic N) is 1. The maximum atomic E-state index is 9.09. The summed E-state index contributed by atoms with van der Waals surface area (Å²) in [7, 11) is 4.77. The Bertz CT molecular complexity index is 732. The molecule has 1 fully saturated rings. The van der Waals surface area contributed by atoms with Gasteiger partial charge in [0, 0.05) is 32.7 Å². The molecule has 0 spiro atoms. The van der Waals surface area contributed by atoms with E-state index in [1.807, 2.05) is 6.07 Å². The molecular weight excluding hydrogens is 324 g/mol. The summed E-state index contributed by atoms with van der Waals surface area (Å²) in [6, 6.07) is 1.89.